The Kier molecular flexibility index (Phi) is 5.58. The zero-order valence-corrected chi connectivity index (χ0v) is 10.7. The molecule has 1 aromatic rings. The first-order valence-electron chi connectivity index (χ1n) is 5.94. The lowest BCUT2D eigenvalue weighted by molar-refractivity contribution is 0.243. The van der Waals surface area contributed by atoms with E-state index in [-0.39, 0.29) is 24.4 Å². The molecule has 0 spiro atoms. The highest BCUT2D eigenvalue weighted by Crippen LogP contribution is 2.15. The number of carbonyl (C=O) groups is 1. The Morgan fingerprint density at radius 2 is 2.22 bits per heavy atom. The Hall–Kier alpha value is -1.62. The number of carbonyl (C=O) groups excluding carboxylic acids is 1. The predicted octanol–water partition coefficient (Wildman–Crippen LogP) is 2.27. The van der Waals surface area contributed by atoms with E-state index in [0.717, 1.165) is 5.56 Å². The fraction of sp³-hybridized carbons (Fsp3) is 0.462. The van der Waals surface area contributed by atoms with Crippen LogP contribution in [0.15, 0.2) is 18.2 Å². The van der Waals surface area contributed by atoms with Crippen molar-refractivity contribution in [1.29, 1.82) is 0 Å². The third kappa shape index (κ3) is 4.71. The van der Waals surface area contributed by atoms with Crippen LogP contribution in [0, 0.1) is 18.7 Å². The number of amides is 2. The summed E-state index contributed by atoms with van der Waals surface area (Å²) >= 11 is 0. The Labute approximate surface area is 106 Å². The van der Waals surface area contributed by atoms with Gasteiger partial charge in [0.2, 0.25) is 0 Å². The summed E-state index contributed by atoms with van der Waals surface area (Å²) in [4.78, 5) is 11.6. The van der Waals surface area contributed by atoms with Gasteiger partial charge in [-0.2, -0.15) is 0 Å². The molecule has 0 saturated carbocycles. The molecule has 5 heteroatoms. The molecule has 1 unspecified atom stereocenters. The van der Waals surface area contributed by atoms with Crippen molar-refractivity contribution < 1.29 is 14.3 Å². The van der Waals surface area contributed by atoms with Crippen molar-refractivity contribution in [1.82, 2.24) is 5.32 Å². The first kappa shape index (κ1) is 14.4. The molecule has 0 saturated heterocycles. The number of hydrogen-bond donors (Lipinski definition) is 3. The maximum atomic E-state index is 13.0. The van der Waals surface area contributed by atoms with Gasteiger partial charge >= 0.3 is 6.03 Å². The molecule has 0 bridgehead atoms. The molecule has 4 nitrogen and oxygen atoms in total. The topological polar surface area (TPSA) is 61.4 Å². The Morgan fingerprint density at radius 1 is 1.50 bits per heavy atom. The highest BCUT2D eigenvalue weighted by atomic mass is 19.1. The van der Waals surface area contributed by atoms with Crippen LogP contribution in [0.3, 0.4) is 0 Å². The summed E-state index contributed by atoms with van der Waals surface area (Å²) < 4.78 is 13.0. The second kappa shape index (κ2) is 6.96. The van der Waals surface area contributed by atoms with E-state index in [0.29, 0.717) is 18.7 Å². The summed E-state index contributed by atoms with van der Waals surface area (Å²) in [6.07, 6.45) is 0.638. The molecule has 0 heterocycles. The van der Waals surface area contributed by atoms with Crippen LogP contribution in [0.5, 0.6) is 0 Å². The van der Waals surface area contributed by atoms with Crippen molar-refractivity contribution in [2.24, 2.45) is 5.92 Å². The number of benzene rings is 1. The quantitative estimate of drug-likeness (QED) is 0.755. The molecule has 1 atom stereocenters. The number of aliphatic hydroxyl groups excluding tert-OH is 1. The maximum absolute atomic E-state index is 13.0. The lowest BCUT2D eigenvalue weighted by Crippen LogP contribution is -2.32. The van der Waals surface area contributed by atoms with E-state index in [1.54, 1.807) is 13.0 Å². The van der Waals surface area contributed by atoms with Gasteiger partial charge in [0.15, 0.2) is 0 Å². The van der Waals surface area contributed by atoms with E-state index in [9.17, 15) is 9.18 Å². The van der Waals surface area contributed by atoms with Crippen LogP contribution in [0.25, 0.3) is 0 Å². The third-order valence-corrected chi connectivity index (χ3v) is 2.68. The average Bonchev–Trinajstić information content (AvgIpc) is 2.32. The van der Waals surface area contributed by atoms with Gasteiger partial charge in [0.25, 0.3) is 0 Å². The standard InChI is InChI=1S/C13H19FN2O2/c1-9(5-6-17)8-15-13(18)16-12-7-11(14)4-3-10(12)2/h3-4,7,9,17H,5-6,8H2,1-2H3,(H2,15,16,18). The molecule has 0 aliphatic carbocycles. The van der Waals surface area contributed by atoms with Crippen molar-refractivity contribution in [3.8, 4) is 0 Å². The minimum atomic E-state index is -0.385. The summed E-state index contributed by atoms with van der Waals surface area (Å²) in [7, 11) is 0. The van der Waals surface area contributed by atoms with Gasteiger partial charge in [-0.3, -0.25) is 0 Å². The third-order valence-electron chi connectivity index (χ3n) is 2.68. The van der Waals surface area contributed by atoms with Crippen LogP contribution < -0.4 is 10.6 Å². The lowest BCUT2D eigenvalue weighted by Gasteiger charge is -2.13. The van der Waals surface area contributed by atoms with Crippen LogP contribution in [0.1, 0.15) is 18.9 Å². The zero-order chi connectivity index (χ0) is 13.5. The number of halogens is 1. The molecule has 2 amide bonds. The van der Waals surface area contributed by atoms with Crippen LogP contribution in [0.4, 0.5) is 14.9 Å². The second-order valence-corrected chi connectivity index (χ2v) is 4.41. The van der Waals surface area contributed by atoms with E-state index in [1.165, 1.54) is 12.1 Å². The zero-order valence-electron chi connectivity index (χ0n) is 10.7. The molecule has 100 valence electrons. The number of anilines is 1. The number of urea groups is 1. The van der Waals surface area contributed by atoms with E-state index >= 15 is 0 Å². The number of aryl methyl sites for hydroxylation is 1. The van der Waals surface area contributed by atoms with E-state index < -0.39 is 0 Å². The number of nitrogens with one attached hydrogen (secondary N) is 2. The fourth-order valence-electron chi connectivity index (χ4n) is 1.48. The van der Waals surface area contributed by atoms with E-state index in [1.807, 2.05) is 6.92 Å². The van der Waals surface area contributed by atoms with Gasteiger partial charge in [-0.25, -0.2) is 9.18 Å². The van der Waals surface area contributed by atoms with Crippen LogP contribution >= 0.6 is 0 Å². The molecule has 1 rings (SSSR count). The van der Waals surface area contributed by atoms with Gasteiger partial charge in [-0.1, -0.05) is 13.0 Å². The molecule has 3 N–H and O–H groups in total. The normalized spacial score (nSPS) is 12.0. The molecular formula is C13H19FN2O2. The van der Waals surface area contributed by atoms with Crippen molar-refractivity contribution in [3.05, 3.63) is 29.6 Å². The molecule has 18 heavy (non-hydrogen) atoms. The van der Waals surface area contributed by atoms with Gasteiger partial charge < -0.3 is 15.7 Å². The molecule has 0 aliphatic heterocycles. The van der Waals surface area contributed by atoms with Gasteiger partial charge in [0, 0.05) is 18.8 Å². The number of aliphatic hydroxyl groups is 1. The monoisotopic (exact) mass is 254 g/mol. The largest absolute Gasteiger partial charge is 0.396 e. The van der Waals surface area contributed by atoms with Crippen LogP contribution in [-0.4, -0.2) is 24.3 Å². The number of rotatable bonds is 5. The minimum absolute atomic E-state index is 0.105. The van der Waals surface area contributed by atoms with Gasteiger partial charge in [0.1, 0.15) is 5.82 Å². The predicted molar refractivity (Wildman–Crippen MR) is 69.0 cm³/mol. The summed E-state index contributed by atoms with van der Waals surface area (Å²) in [6, 6.07) is 3.88. The van der Waals surface area contributed by atoms with Gasteiger partial charge in [-0.15, -0.1) is 0 Å². The molecule has 0 radical (unpaired) electrons. The van der Waals surface area contributed by atoms with Gasteiger partial charge in [-0.05, 0) is 37.0 Å². The molecule has 0 aliphatic rings. The van der Waals surface area contributed by atoms with Crippen molar-refractivity contribution in [2.75, 3.05) is 18.5 Å². The summed E-state index contributed by atoms with van der Waals surface area (Å²) in [5, 5.41) is 14.0. The average molecular weight is 254 g/mol. The minimum Gasteiger partial charge on any atom is -0.396 e. The Bertz CT molecular complexity index is 410. The molecular weight excluding hydrogens is 235 g/mol. The van der Waals surface area contributed by atoms with Crippen LogP contribution in [0.2, 0.25) is 0 Å². The van der Waals surface area contributed by atoms with Crippen molar-refractivity contribution in [2.45, 2.75) is 20.3 Å². The Morgan fingerprint density at radius 3 is 2.89 bits per heavy atom. The highest BCUT2D eigenvalue weighted by Gasteiger charge is 2.07. The Balaban J connectivity index is 2.47. The van der Waals surface area contributed by atoms with E-state index in [2.05, 4.69) is 10.6 Å². The van der Waals surface area contributed by atoms with Crippen molar-refractivity contribution in [3.63, 3.8) is 0 Å². The smallest absolute Gasteiger partial charge is 0.319 e. The lowest BCUT2D eigenvalue weighted by atomic mass is 10.1. The fourth-order valence-corrected chi connectivity index (χ4v) is 1.48. The molecule has 0 aromatic heterocycles. The maximum Gasteiger partial charge on any atom is 0.319 e. The van der Waals surface area contributed by atoms with E-state index in [4.69, 9.17) is 5.11 Å². The SMILES string of the molecule is Cc1ccc(F)cc1NC(=O)NCC(C)CCO. The molecule has 0 fully saturated rings. The molecule has 1 aromatic carbocycles. The summed E-state index contributed by atoms with van der Waals surface area (Å²) in [5.74, 6) is -0.182. The summed E-state index contributed by atoms with van der Waals surface area (Å²) in [6.45, 7) is 4.31. The van der Waals surface area contributed by atoms with Crippen molar-refractivity contribution >= 4 is 11.7 Å². The first-order valence-corrected chi connectivity index (χ1v) is 5.94. The van der Waals surface area contributed by atoms with Crippen LogP contribution in [-0.2, 0) is 0 Å². The van der Waals surface area contributed by atoms with Gasteiger partial charge in [0.05, 0.1) is 0 Å². The second-order valence-electron chi connectivity index (χ2n) is 4.41. The summed E-state index contributed by atoms with van der Waals surface area (Å²) in [5.41, 5.74) is 1.26. The number of hydrogen-bond acceptors (Lipinski definition) is 2. The first-order chi connectivity index (χ1) is 8.52. The highest BCUT2D eigenvalue weighted by molar-refractivity contribution is 5.90.